The first-order chi connectivity index (χ1) is 18.3. The van der Waals surface area contributed by atoms with Crippen LogP contribution in [-0.2, 0) is 14.4 Å². The van der Waals surface area contributed by atoms with Gasteiger partial charge in [-0.05, 0) is 51.3 Å². The summed E-state index contributed by atoms with van der Waals surface area (Å²) in [5.74, 6) is 0.00226. The molecule has 6 rings (SSSR count). The van der Waals surface area contributed by atoms with Gasteiger partial charge in [0, 0.05) is 17.8 Å². The Kier molecular flexibility index (Phi) is 5.90. The first kappa shape index (κ1) is 24.2. The molecule has 4 aromatic rings. The average Bonchev–Trinajstić information content (AvgIpc) is 3.52. The molecule has 2 N–H and O–H groups in total. The maximum Gasteiger partial charge on any atom is 0.262 e. The van der Waals surface area contributed by atoms with Crippen molar-refractivity contribution in [3.05, 3.63) is 51.6 Å². The molecule has 2 aliphatic heterocycles. The van der Waals surface area contributed by atoms with Crippen LogP contribution in [-0.4, -0.2) is 49.8 Å². The van der Waals surface area contributed by atoms with E-state index < -0.39 is 23.6 Å². The van der Waals surface area contributed by atoms with Crippen LogP contribution >= 0.6 is 11.3 Å². The van der Waals surface area contributed by atoms with E-state index in [1.807, 2.05) is 17.9 Å². The summed E-state index contributed by atoms with van der Waals surface area (Å²) in [6.45, 7) is 4.36. The normalized spacial score (nSPS) is 19.8. The van der Waals surface area contributed by atoms with Gasteiger partial charge in [0.1, 0.15) is 40.4 Å². The number of rotatable bonds is 4. The molecule has 2 unspecified atom stereocenters. The maximum absolute atomic E-state index is 13.6. The molecule has 0 radical (unpaired) electrons. The molecule has 2 saturated heterocycles. The van der Waals surface area contributed by atoms with Crippen LogP contribution in [0.4, 0.5) is 11.5 Å². The van der Waals surface area contributed by atoms with Crippen LogP contribution in [0.15, 0.2) is 35.4 Å². The van der Waals surface area contributed by atoms with Crippen molar-refractivity contribution < 1.29 is 14.4 Å². The van der Waals surface area contributed by atoms with Gasteiger partial charge in [-0.25, -0.2) is 15.0 Å². The number of nitrogens with one attached hydrogen (secondary N) is 2. The van der Waals surface area contributed by atoms with Crippen LogP contribution in [0.25, 0.3) is 21.1 Å². The minimum Gasteiger partial charge on any atom is -0.344 e. The molecule has 0 saturated carbocycles. The zero-order chi connectivity index (χ0) is 26.6. The predicted molar refractivity (Wildman–Crippen MR) is 143 cm³/mol. The number of nitrogens with zero attached hydrogens (tertiary/aromatic N) is 5. The van der Waals surface area contributed by atoms with Crippen molar-refractivity contribution in [1.29, 1.82) is 0 Å². The number of anilines is 2. The van der Waals surface area contributed by atoms with Crippen LogP contribution < -0.4 is 21.1 Å². The summed E-state index contributed by atoms with van der Waals surface area (Å²) in [4.78, 5) is 68.6. The first-order valence-corrected chi connectivity index (χ1v) is 13.3. The predicted octanol–water partition coefficient (Wildman–Crippen LogP) is 2.60. The van der Waals surface area contributed by atoms with Gasteiger partial charge in [-0.2, -0.15) is 0 Å². The molecule has 2 atom stereocenters. The molecule has 194 valence electrons. The number of para-hydroxylation sites is 1. The van der Waals surface area contributed by atoms with Crippen LogP contribution in [0.2, 0.25) is 0 Å². The summed E-state index contributed by atoms with van der Waals surface area (Å²) in [6.07, 6.45) is 3.42. The highest BCUT2D eigenvalue weighted by Gasteiger charge is 2.34. The molecule has 0 spiro atoms. The molecule has 0 aliphatic carbocycles. The van der Waals surface area contributed by atoms with E-state index in [4.69, 9.17) is 0 Å². The fraction of sp³-hybridized carbons (Fsp3) is 0.346. The smallest absolute Gasteiger partial charge is 0.262 e. The van der Waals surface area contributed by atoms with Gasteiger partial charge >= 0.3 is 0 Å². The van der Waals surface area contributed by atoms with Crippen molar-refractivity contribution in [2.45, 2.75) is 51.6 Å². The topological polar surface area (TPSA) is 139 Å². The van der Waals surface area contributed by atoms with Crippen molar-refractivity contribution in [3.8, 4) is 0 Å². The number of benzene rings is 1. The van der Waals surface area contributed by atoms with E-state index in [-0.39, 0.29) is 30.0 Å². The molecule has 11 nitrogen and oxygen atoms in total. The Morgan fingerprint density at radius 2 is 1.97 bits per heavy atom. The largest absolute Gasteiger partial charge is 0.344 e. The Morgan fingerprint density at radius 3 is 2.79 bits per heavy atom. The number of aryl methyl sites for hydroxylation is 2. The number of carbonyl (C=O) groups excluding carboxylic acids is 3. The second kappa shape index (κ2) is 9.28. The highest BCUT2D eigenvalue weighted by Crippen LogP contribution is 2.34. The van der Waals surface area contributed by atoms with Gasteiger partial charge in [0.2, 0.25) is 17.7 Å². The van der Waals surface area contributed by atoms with Crippen LogP contribution in [0.1, 0.15) is 42.4 Å². The van der Waals surface area contributed by atoms with Crippen molar-refractivity contribution in [2.75, 3.05) is 16.8 Å². The molecular formula is C26H25N7O4S. The lowest BCUT2D eigenvalue weighted by Gasteiger charge is -2.26. The van der Waals surface area contributed by atoms with E-state index >= 15 is 0 Å². The Morgan fingerprint density at radius 1 is 1.13 bits per heavy atom. The van der Waals surface area contributed by atoms with Crippen LogP contribution in [0.3, 0.4) is 0 Å². The first-order valence-electron chi connectivity index (χ1n) is 12.5. The van der Waals surface area contributed by atoms with Crippen molar-refractivity contribution in [3.63, 3.8) is 0 Å². The second-order valence-electron chi connectivity index (χ2n) is 9.62. The SMILES string of the molecule is Cc1cc2c(N3CCCC3C(=O)Nc3cccc4c(=O)n(C5CCC(=O)NC5=O)c(C)nc34)ncnc2s1. The third-order valence-corrected chi connectivity index (χ3v) is 8.10. The van der Waals surface area contributed by atoms with E-state index in [1.54, 1.807) is 36.5 Å². The summed E-state index contributed by atoms with van der Waals surface area (Å²) in [5, 5.41) is 6.51. The summed E-state index contributed by atoms with van der Waals surface area (Å²) in [6, 6.07) is 5.82. The van der Waals surface area contributed by atoms with Gasteiger partial charge in [0.25, 0.3) is 5.56 Å². The molecular weight excluding hydrogens is 506 g/mol. The van der Waals surface area contributed by atoms with Crippen molar-refractivity contribution >= 4 is 61.7 Å². The molecule has 5 heterocycles. The molecule has 0 bridgehead atoms. The number of aromatic nitrogens is 4. The quantitative estimate of drug-likeness (QED) is 0.383. The third-order valence-electron chi connectivity index (χ3n) is 7.15. The molecule has 38 heavy (non-hydrogen) atoms. The van der Waals surface area contributed by atoms with E-state index in [2.05, 4.69) is 25.6 Å². The number of piperidine rings is 1. The van der Waals surface area contributed by atoms with E-state index in [1.165, 1.54) is 10.9 Å². The average molecular weight is 532 g/mol. The molecule has 1 aromatic carbocycles. The number of thiophene rings is 1. The summed E-state index contributed by atoms with van der Waals surface area (Å²) >= 11 is 1.59. The molecule has 2 fully saturated rings. The lowest BCUT2D eigenvalue weighted by molar-refractivity contribution is -0.135. The number of carbonyl (C=O) groups is 3. The van der Waals surface area contributed by atoms with Gasteiger partial charge in [-0.1, -0.05) is 6.07 Å². The number of hydrogen-bond donors (Lipinski definition) is 2. The molecule has 2 aliphatic rings. The molecule has 12 heteroatoms. The number of amides is 3. The Balaban J connectivity index is 1.33. The van der Waals surface area contributed by atoms with Crippen LogP contribution in [0.5, 0.6) is 0 Å². The number of hydrogen-bond acceptors (Lipinski definition) is 9. The Labute approximate surface area is 220 Å². The molecule has 3 amide bonds. The van der Waals surface area contributed by atoms with Crippen molar-refractivity contribution in [1.82, 2.24) is 24.8 Å². The summed E-state index contributed by atoms with van der Waals surface area (Å²) < 4.78 is 1.33. The Hall–Kier alpha value is -4.19. The standard InChI is InChI=1S/C26H25N7O4S/c1-13-11-16-22(27-12-28-25(16)38-13)32-10-4-7-18(32)23(35)30-17-6-3-5-15-21(17)29-14(2)33(26(15)37)19-8-9-20(34)31-24(19)36/h3,5-6,11-12,18-19H,4,7-10H2,1-2H3,(H,30,35)(H,31,34,36). The fourth-order valence-corrected chi connectivity index (χ4v) is 6.27. The number of fused-ring (bicyclic) bond motifs is 2. The highest BCUT2D eigenvalue weighted by molar-refractivity contribution is 7.18. The maximum atomic E-state index is 13.6. The monoisotopic (exact) mass is 531 g/mol. The fourth-order valence-electron chi connectivity index (χ4n) is 5.43. The van der Waals surface area contributed by atoms with Gasteiger partial charge in [0.05, 0.1) is 16.5 Å². The second-order valence-corrected chi connectivity index (χ2v) is 10.9. The minimum atomic E-state index is -0.812. The van der Waals surface area contributed by atoms with E-state index in [9.17, 15) is 19.2 Å². The Bertz CT molecular complexity index is 1690. The van der Waals surface area contributed by atoms with Gasteiger partial charge in [-0.15, -0.1) is 11.3 Å². The number of imide groups is 1. The van der Waals surface area contributed by atoms with Crippen LogP contribution in [0, 0.1) is 13.8 Å². The summed E-state index contributed by atoms with van der Waals surface area (Å²) in [5.41, 5.74) is 0.389. The van der Waals surface area contributed by atoms with Gasteiger partial charge in [-0.3, -0.25) is 29.1 Å². The van der Waals surface area contributed by atoms with E-state index in [0.29, 0.717) is 30.0 Å². The van der Waals surface area contributed by atoms with Crippen molar-refractivity contribution in [2.24, 2.45) is 0 Å². The highest BCUT2D eigenvalue weighted by atomic mass is 32.1. The summed E-state index contributed by atoms with van der Waals surface area (Å²) in [7, 11) is 0. The van der Waals surface area contributed by atoms with Gasteiger partial charge < -0.3 is 10.2 Å². The zero-order valence-electron chi connectivity index (χ0n) is 20.9. The minimum absolute atomic E-state index is 0.151. The third kappa shape index (κ3) is 4.01. The lowest BCUT2D eigenvalue weighted by Crippen LogP contribution is -2.45. The zero-order valence-corrected chi connectivity index (χ0v) is 21.7. The van der Waals surface area contributed by atoms with Gasteiger partial charge in [0.15, 0.2) is 0 Å². The lowest BCUT2D eigenvalue weighted by atomic mass is 10.1. The molecule has 3 aromatic heterocycles. The van der Waals surface area contributed by atoms with E-state index in [0.717, 1.165) is 27.3 Å².